The van der Waals surface area contributed by atoms with Crippen LogP contribution in [0.4, 0.5) is 0 Å². The molecule has 0 bridgehead atoms. The molecule has 1 unspecified atom stereocenters. The molecule has 2 aromatic heterocycles. The van der Waals surface area contributed by atoms with Gasteiger partial charge in [-0.2, -0.15) is 4.98 Å². The van der Waals surface area contributed by atoms with Crippen molar-refractivity contribution in [2.45, 2.75) is 44.2 Å². The Kier molecular flexibility index (Phi) is 4.81. The van der Waals surface area contributed by atoms with Crippen LogP contribution >= 0.6 is 11.3 Å². The van der Waals surface area contributed by atoms with Crippen molar-refractivity contribution in [1.29, 1.82) is 0 Å². The van der Waals surface area contributed by atoms with Crippen LogP contribution in [0, 0.1) is 0 Å². The molecular weight excluding hydrogens is 350 g/mol. The Bertz CT molecular complexity index is 745. The van der Waals surface area contributed by atoms with Gasteiger partial charge in [0.2, 0.25) is 17.6 Å². The summed E-state index contributed by atoms with van der Waals surface area (Å²) in [7, 11) is 0. The van der Waals surface area contributed by atoms with E-state index >= 15 is 0 Å². The van der Waals surface area contributed by atoms with Gasteiger partial charge in [0, 0.05) is 26.2 Å². The smallest absolute Gasteiger partial charge is 0.244 e. The zero-order chi connectivity index (χ0) is 18.1. The highest BCUT2D eigenvalue weighted by atomic mass is 32.1. The molecule has 1 amide bonds. The van der Waals surface area contributed by atoms with Crippen LogP contribution in [-0.2, 0) is 4.79 Å². The highest BCUT2D eigenvalue weighted by Crippen LogP contribution is 2.30. The van der Waals surface area contributed by atoms with E-state index in [9.17, 15) is 4.79 Å². The van der Waals surface area contributed by atoms with Crippen LogP contribution in [0.25, 0.3) is 10.7 Å². The molecule has 0 spiro atoms. The molecule has 1 saturated carbocycles. The summed E-state index contributed by atoms with van der Waals surface area (Å²) in [6.45, 7) is 5.06. The van der Waals surface area contributed by atoms with Gasteiger partial charge >= 0.3 is 0 Å². The van der Waals surface area contributed by atoms with Crippen molar-refractivity contribution in [3.63, 3.8) is 0 Å². The van der Waals surface area contributed by atoms with Crippen LogP contribution < -0.4 is 5.73 Å². The van der Waals surface area contributed by atoms with Gasteiger partial charge in [-0.25, -0.2) is 0 Å². The highest BCUT2D eigenvalue weighted by molar-refractivity contribution is 7.13. The molecule has 26 heavy (non-hydrogen) atoms. The summed E-state index contributed by atoms with van der Waals surface area (Å²) in [5.41, 5.74) is 5.70. The van der Waals surface area contributed by atoms with Gasteiger partial charge in [0.15, 0.2) is 0 Å². The van der Waals surface area contributed by atoms with Crippen LogP contribution in [0.5, 0.6) is 0 Å². The quantitative estimate of drug-likeness (QED) is 0.882. The van der Waals surface area contributed by atoms with Gasteiger partial charge < -0.3 is 15.2 Å². The van der Waals surface area contributed by atoms with E-state index in [-0.39, 0.29) is 11.9 Å². The molecule has 2 N–H and O–H groups in total. The van der Waals surface area contributed by atoms with Gasteiger partial charge in [0.1, 0.15) is 0 Å². The first-order chi connectivity index (χ1) is 12.6. The lowest BCUT2D eigenvalue weighted by atomic mass is 9.96. The molecular formula is C18H25N5O2S. The first-order valence-electron chi connectivity index (χ1n) is 9.27. The van der Waals surface area contributed by atoms with E-state index < -0.39 is 5.54 Å². The van der Waals surface area contributed by atoms with Crippen LogP contribution in [0.1, 0.15) is 44.5 Å². The Morgan fingerprint density at radius 3 is 2.69 bits per heavy atom. The number of aromatic nitrogens is 2. The number of nitrogens with two attached hydrogens (primary N) is 1. The Hall–Kier alpha value is -1.77. The zero-order valence-corrected chi connectivity index (χ0v) is 15.9. The fraction of sp³-hybridized carbons (Fsp3) is 0.611. The maximum Gasteiger partial charge on any atom is 0.244 e. The zero-order valence-electron chi connectivity index (χ0n) is 15.1. The van der Waals surface area contributed by atoms with Crippen molar-refractivity contribution >= 4 is 17.2 Å². The summed E-state index contributed by atoms with van der Waals surface area (Å²) in [5.74, 6) is 1.39. The molecule has 4 rings (SSSR count). The van der Waals surface area contributed by atoms with Crippen LogP contribution in [0.15, 0.2) is 22.0 Å². The molecule has 140 valence electrons. The molecule has 2 aliphatic rings. The predicted molar refractivity (Wildman–Crippen MR) is 99.6 cm³/mol. The lowest BCUT2D eigenvalue weighted by Gasteiger charge is -2.39. The Morgan fingerprint density at radius 2 is 2.04 bits per heavy atom. The van der Waals surface area contributed by atoms with Crippen LogP contribution in [0.3, 0.4) is 0 Å². The number of nitrogens with zero attached hydrogens (tertiary/aromatic N) is 4. The number of piperazine rings is 1. The Labute approximate surface area is 157 Å². The average molecular weight is 375 g/mol. The van der Waals surface area contributed by atoms with E-state index in [0.717, 1.165) is 43.6 Å². The fourth-order valence-electron chi connectivity index (χ4n) is 3.91. The van der Waals surface area contributed by atoms with Crippen molar-refractivity contribution in [2.75, 3.05) is 26.2 Å². The summed E-state index contributed by atoms with van der Waals surface area (Å²) in [5, 5.41) is 6.10. The molecule has 1 saturated heterocycles. The van der Waals surface area contributed by atoms with E-state index in [1.54, 1.807) is 11.3 Å². The molecule has 1 atom stereocenters. The summed E-state index contributed by atoms with van der Waals surface area (Å²) >= 11 is 1.60. The maximum atomic E-state index is 12.7. The first-order valence-corrected chi connectivity index (χ1v) is 10.1. The van der Waals surface area contributed by atoms with E-state index in [2.05, 4.69) is 22.0 Å². The molecule has 7 nitrogen and oxygen atoms in total. The minimum Gasteiger partial charge on any atom is -0.339 e. The largest absolute Gasteiger partial charge is 0.339 e. The molecule has 2 fully saturated rings. The van der Waals surface area contributed by atoms with E-state index in [1.165, 1.54) is 0 Å². The molecule has 1 aliphatic heterocycles. The van der Waals surface area contributed by atoms with Gasteiger partial charge in [-0.1, -0.05) is 24.1 Å². The first kappa shape index (κ1) is 17.6. The summed E-state index contributed by atoms with van der Waals surface area (Å²) < 4.78 is 5.48. The fourth-order valence-corrected chi connectivity index (χ4v) is 4.56. The van der Waals surface area contributed by atoms with Crippen LogP contribution in [-0.4, -0.2) is 57.6 Å². The summed E-state index contributed by atoms with van der Waals surface area (Å²) in [6.07, 6.45) is 3.75. The second-order valence-electron chi connectivity index (χ2n) is 7.30. The third-order valence-corrected chi connectivity index (χ3v) is 6.48. The van der Waals surface area contributed by atoms with Crippen LogP contribution in [0.2, 0.25) is 0 Å². The van der Waals surface area contributed by atoms with Crippen molar-refractivity contribution in [1.82, 2.24) is 19.9 Å². The minimum atomic E-state index is -0.629. The average Bonchev–Trinajstić information content (AvgIpc) is 3.41. The maximum absolute atomic E-state index is 12.7. The molecule has 0 aromatic carbocycles. The third-order valence-electron chi connectivity index (χ3n) is 5.61. The standard InChI is InChI=1S/C18H25N5O2S/c1-13(16-20-15(21-25-16)14-5-4-12-26-14)22-8-10-23(11-9-22)17(24)18(19)6-2-3-7-18/h4-5,12-13H,2-3,6-11,19H2,1H3. The van der Waals surface area contributed by atoms with E-state index in [4.69, 9.17) is 10.3 Å². The van der Waals surface area contributed by atoms with Gasteiger partial charge in [-0.05, 0) is 31.2 Å². The van der Waals surface area contributed by atoms with Gasteiger partial charge in [-0.3, -0.25) is 9.69 Å². The normalized spacial score (nSPS) is 21.8. The third kappa shape index (κ3) is 3.28. The van der Waals surface area contributed by atoms with Gasteiger partial charge in [0.25, 0.3) is 0 Å². The number of thiophene rings is 1. The number of carbonyl (C=O) groups is 1. The molecule has 3 heterocycles. The molecule has 0 radical (unpaired) electrons. The molecule has 2 aromatic rings. The molecule has 1 aliphatic carbocycles. The van der Waals surface area contributed by atoms with Crippen molar-refractivity contribution in [3.05, 3.63) is 23.4 Å². The van der Waals surface area contributed by atoms with Crippen molar-refractivity contribution in [2.24, 2.45) is 5.73 Å². The van der Waals surface area contributed by atoms with Crippen molar-refractivity contribution < 1.29 is 9.32 Å². The number of carbonyl (C=O) groups excluding carboxylic acids is 1. The van der Waals surface area contributed by atoms with Crippen molar-refractivity contribution in [3.8, 4) is 10.7 Å². The highest BCUT2D eigenvalue weighted by Gasteiger charge is 2.41. The van der Waals surface area contributed by atoms with E-state index in [0.29, 0.717) is 24.8 Å². The number of rotatable bonds is 4. The Morgan fingerprint density at radius 1 is 1.31 bits per heavy atom. The number of amides is 1. The van der Waals surface area contributed by atoms with Gasteiger partial charge in [-0.15, -0.1) is 11.3 Å². The second kappa shape index (κ2) is 7.09. The second-order valence-corrected chi connectivity index (χ2v) is 8.25. The number of hydrogen-bond acceptors (Lipinski definition) is 7. The Balaban J connectivity index is 1.36. The predicted octanol–water partition coefficient (Wildman–Crippen LogP) is 2.27. The monoisotopic (exact) mass is 375 g/mol. The minimum absolute atomic E-state index is 0.0341. The topological polar surface area (TPSA) is 88.5 Å². The lowest BCUT2D eigenvalue weighted by Crippen LogP contribution is -2.58. The summed E-state index contributed by atoms with van der Waals surface area (Å²) in [4.78, 5) is 22.5. The van der Waals surface area contributed by atoms with E-state index in [1.807, 2.05) is 22.4 Å². The lowest BCUT2D eigenvalue weighted by molar-refractivity contribution is -0.139. The molecule has 8 heteroatoms. The SMILES string of the molecule is CC(c1nc(-c2cccs2)no1)N1CCN(C(=O)C2(N)CCCC2)CC1. The summed E-state index contributed by atoms with van der Waals surface area (Å²) in [6, 6.07) is 4.00. The van der Waals surface area contributed by atoms with Gasteiger partial charge in [0.05, 0.1) is 16.5 Å². The number of hydrogen-bond donors (Lipinski definition) is 1.